The Morgan fingerprint density at radius 3 is 2.54 bits per heavy atom. The molecular weight excluding hydrogens is 402 g/mol. The summed E-state index contributed by atoms with van der Waals surface area (Å²) in [4.78, 5) is 37.9. The van der Waals surface area contributed by atoms with E-state index in [-0.39, 0.29) is 18.9 Å². The molecule has 26 heavy (non-hydrogen) atoms. The number of rotatable bonds is 8. The van der Waals surface area contributed by atoms with Gasteiger partial charge in [-0.15, -0.1) is 0 Å². The number of carbonyl (C=O) groups excluding carboxylic acids is 3. The first-order valence-electron chi connectivity index (χ1n) is 8.10. The Morgan fingerprint density at radius 2 is 1.96 bits per heavy atom. The van der Waals surface area contributed by atoms with Crippen molar-refractivity contribution in [1.82, 2.24) is 10.2 Å². The summed E-state index contributed by atoms with van der Waals surface area (Å²) in [5.41, 5.74) is 0.401. The first-order chi connectivity index (χ1) is 12.3. The molecular formula is C18H22BrN3O4. The maximum Gasteiger partial charge on any atom is 0.329 e. The van der Waals surface area contributed by atoms with Gasteiger partial charge in [0.15, 0.2) is 6.61 Å². The number of halogens is 1. The third kappa shape index (κ3) is 6.48. The van der Waals surface area contributed by atoms with E-state index in [2.05, 4.69) is 21.2 Å². The molecule has 1 aromatic carbocycles. The third-order valence-electron chi connectivity index (χ3n) is 3.65. The number of carbonyl (C=O) groups is 3. The van der Waals surface area contributed by atoms with Crippen molar-refractivity contribution in [3.05, 3.63) is 34.3 Å². The Hall–Kier alpha value is -2.40. The molecule has 0 bridgehead atoms. The van der Waals surface area contributed by atoms with Crippen molar-refractivity contribution in [2.45, 2.75) is 26.3 Å². The summed E-state index contributed by atoms with van der Waals surface area (Å²) in [6.45, 7) is 3.37. The van der Waals surface area contributed by atoms with E-state index >= 15 is 0 Å². The molecule has 1 aromatic rings. The van der Waals surface area contributed by atoms with Crippen LogP contribution in [0.25, 0.3) is 0 Å². The normalized spacial score (nSPS) is 11.4. The van der Waals surface area contributed by atoms with E-state index < -0.39 is 30.4 Å². The summed E-state index contributed by atoms with van der Waals surface area (Å²) in [6, 6.07) is 7.92. The summed E-state index contributed by atoms with van der Waals surface area (Å²) < 4.78 is 5.67. The summed E-state index contributed by atoms with van der Waals surface area (Å²) >= 11 is 3.30. The van der Waals surface area contributed by atoms with Crippen LogP contribution in [0.4, 0.5) is 0 Å². The van der Waals surface area contributed by atoms with E-state index in [1.54, 1.807) is 38.1 Å². The van der Waals surface area contributed by atoms with Crippen LogP contribution < -0.4 is 5.32 Å². The van der Waals surface area contributed by atoms with Crippen LogP contribution in [-0.4, -0.2) is 48.9 Å². The number of hydrogen-bond donors (Lipinski definition) is 1. The molecule has 0 saturated carbocycles. The van der Waals surface area contributed by atoms with Crippen molar-refractivity contribution >= 4 is 33.7 Å². The van der Waals surface area contributed by atoms with Crippen molar-refractivity contribution in [3.63, 3.8) is 0 Å². The van der Waals surface area contributed by atoms with Gasteiger partial charge in [0.1, 0.15) is 6.04 Å². The molecule has 8 heteroatoms. The second-order valence-corrected chi connectivity index (χ2v) is 6.86. The molecule has 1 N–H and O–H groups in total. The molecule has 0 radical (unpaired) electrons. The highest BCUT2D eigenvalue weighted by Gasteiger charge is 2.27. The van der Waals surface area contributed by atoms with Crippen LogP contribution in [-0.2, 0) is 14.3 Å². The number of benzene rings is 1. The molecule has 7 nitrogen and oxygen atoms in total. The Labute approximate surface area is 161 Å². The predicted molar refractivity (Wildman–Crippen MR) is 99.1 cm³/mol. The van der Waals surface area contributed by atoms with E-state index in [1.165, 1.54) is 11.9 Å². The fourth-order valence-electron chi connectivity index (χ4n) is 2.04. The maximum atomic E-state index is 12.4. The first kappa shape index (κ1) is 21.6. The molecule has 0 aliphatic heterocycles. The zero-order chi connectivity index (χ0) is 19.7. The van der Waals surface area contributed by atoms with Crippen molar-refractivity contribution in [3.8, 4) is 6.07 Å². The number of amides is 2. The standard InChI is InChI=1S/C18H22BrN3O4/c1-12(2)16(21-17(24)13-7-4-5-8-14(13)19)18(25)26-11-15(23)22(3)10-6-9-20/h4-5,7-8,12,16H,6,10-11H2,1-3H3,(H,21,24)/t16-/m1/s1. The van der Waals surface area contributed by atoms with Crippen molar-refractivity contribution < 1.29 is 19.1 Å². The van der Waals surface area contributed by atoms with Gasteiger partial charge in [-0.25, -0.2) is 4.79 Å². The van der Waals surface area contributed by atoms with Gasteiger partial charge in [-0.1, -0.05) is 26.0 Å². The van der Waals surface area contributed by atoms with E-state index in [0.717, 1.165) is 0 Å². The molecule has 0 aromatic heterocycles. The summed E-state index contributed by atoms with van der Waals surface area (Å²) in [7, 11) is 1.53. The Morgan fingerprint density at radius 1 is 1.31 bits per heavy atom. The molecule has 0 aliphatic rings. The van der Waals surface area contributed by atoms with Crippen molar-refractivity contribution in [2.24, 2.45) is 5.92 Å². The van der Waals surface area contributed by atoms with Crippen LogP contribution in [0.3, 0.4) is 0 Å². The maximum absolute atomic E-state index is 12.4. The first-order valence-corrected chi connectivity index (χ1v) is 8.90. The summed E-state index contributed by atoms with van der Waals surface area (Å²) in [5.74, 6) is -1.72. The van der Waals surface area contributed by atoms with Gasteiger partial charge < -0.3 is 15.0 Å². The molecule has 0 unspecified atom stereocenters. The third-order valence-corrected chi connectivity index (χ3v) is 4.34. The predicted octanol–water partition coefficient (Wildman–Crippen LogP) is 2.12. The number of esters is 1. The van der Waals surface area contributed by atoms with Gasteiger partial charge >= 0.3 is 5.97 Å². The van der Waals surface area contributed by atoms with Gasteiger partial charge in [-0.05, 0) is 34.0 Å². The number of nitriles is 1. The molecule has 0 heterocycles. The van der Waals surface area contributed by atoms with E-state index in [1.807, 2.05) is 6.07 Å². The second-order valence-electron chi connectivity index (χ2n) is 6.01. The number of hydrogen-bond acceptors (Lipinski definition) is 5. The lowest BCUT2D eigenvalue weighted by Gasteiger charge is -2.22. The molecule has 1 atom stereocenters. The molecule has 0 saturated heterocycles. The van der Waals surface area contributed by atoms with Gasteiger partial charge in [0.25, 0.3) is 11.8 Å². The lowest BCUT2D eigenvalue weighted by molar-refractivity contribution is -0.154. The van der Waals surface area contributed by atoms with Crippen LogP contribution in [0.5, 0.6) is 0 Å². The van der Waals surface area contributed by atoms with Crippen LogP contribution in [0.15, 0.2) is 28.7 Å². The van der Waals surface area contributed by atoms with Gasteiger partial charge in [-0.2, -0.15) is 5.26 Å². The topological polar surface area (TPSA) is 99.5 Å². The average Bonchev–Trinajstić information content (AvgIpc) is 2.61. The highest BCUT2D eigenvalue weighted by atomic mass is 79.9. The molecule has 0 aliphatic carbocycles. The second kappa shape index (κ2) is 10.6. The molecule has 2 amide bonds. The van der Waals surface area contributed by atoms with Gasteiger partial charge in [0.2, 0.25) is 0 Å². The molecule has 0 fully saturated rings. The minimum absolute atomic E-state index is 0.201. The quantitative estimate of drug-likeness (QED) is 0.645. The Kier molecular flexibility index (Phi) is 8.79. The summed E-state index contributed by atoms with van der Waals surface area (Å²) in [5, 5.41) is 11.2. The van der Waals surface area contributed by atoms with Gasteiger partial charge in [0, 0.05) is 18.1 Å². The Balaban J connectivity index is 2.68. The number of nitrogens with one attached hydrogen (secondary N) is 1. The molecule has 1 rings (SSSR count). The van der Waals surface area contributed by atoms with Gasteiger partial charge in [0.05, 0.1) is 18.1 Å². The zero-order valence-electron chi connectivity index (χ0n) is 15.0. The van der Waals surface area contributed by atoms with Crippen molar-refractivity contribution in [2.75, 3.05) is 20.2 Å². The van der Waals surface area contributed by atoms with Crippen LogP contribution in [0.2, 0.25) is 0 Å². The molecule has 0 spiro atoms. The zero-order valence-corrected chi connectivity index (χ0v) is 16.6. The van der Waals surface area contributed by atoms with E-state index in [9.17, 15) is 14.4 Å². The number of likely N-dealkylation sites (N-methyl/N-ethyl adjacent to an activating group) is 1. The van der Waals surface area contributed by atoms with E-state index in [4.69, 9.17) is 10.00 Å². The molecule has 140 valence electrons. The van der Waals surface area contributed by atoms with Crippen LogP contribution in [0.1, 0.15) is 30.6 Å². The van der Waals surface area contributed by atoms with Crippen LogP contribution in [0, 0.1) is 17.2 Å². The van der Waals surface area contributed by atoms with Crippen molar-refractivity contribution in [1.29, 1.82) is 5.26 Å². The number of ether oxygens (including phenoxy) is 1. The lowest BCUT2D eigenvalue weighted by atomic mass is 10.0. The fraction of sp³-hybridized carbons (Fsp3) is 0.444. The minimum atomic E-state index is -0.883. The summed E-state index contributed by atoms with van der Waals surface area (Å²) in [6.07, 6.45) is 0.201. The largest absolute Gasteiger partial charge is 0.454 e. The Bertz CT molecular complexity index is 700. The average molecular weight is 424 g/mol. The SMILES string of the molecule is CC(C)[C@@H](NC(=O)c1ccccc1Br)C(=O)OCC(=O)N(C)CCC#N. The monoisotopic (exact) mass is 423 g/mol. The lowest BCUT2D eigenvalue weighted by Crippen LogP contribution is -2.46. The highest BCUT2D eigenvalue weighted by molar-refractivity contribution is 9.10. The van der Waals surface area contributed by atoms with Crippen LogP contribution >= 0.6 is 15.9 Å². The van der Waals surface area contributed by atoms with Gasteiger partial charge in [-0.3, -0.25) is 9.59 Å². The fourth-order valence-corrected chi connectivity index (χ4v) is 2.50. The highest BCUT2D eigenvalue weighted by Crippen LogP contribution is 2.16. The van der Waals surface area contributed by atoms with E-state index in [0.29, 0.717) is 10.0 Å². The number of nitrogens with zero attached hydrogens (tertiary/aromatic N) is 2. The smallest absolute Gasteiger partial charge is 0.329 e. The minimum Gasteiger partial charge on any atom is -0.454 e.